The van der Waals surface area contributed by atoms with Gasteiger partial charge in [-0.15, -0.1) is 0 Å². The molecule has 1 aliphatic carbocycles. The maximum absolute atomic E-state index is 6.00. The van der Waals surface area contributed by atoms with Crippen molar-refractivity contribution in [3.63, 3.8) is 0 Å². The van der Waals surface area contributed by atoms with Crippen LogP contribution in [0.1, 0.15) is 38.2 Å². The van der Waals surface area contributed by atoms with Crippen molar-refractivity contribution < 1.29 is 0 Å². The van der Waals surface area contributed by atoms with Gasteiger partial charge in [-0.05, 0) is 62.3 Å². The molecule has 0 bridgehead atoms. The van der Waals surface area contributed by atoms with Crippen molar-refractivity contribution in [3.05, 3.63) is 34.9 Å². The largest absolute Gasteiger partial charge is 0.314 e. The summed E-state index contributed by atoms with van der Waals surface area (Å²) in [4.78, 5) is 0. The monoisotopic (exact) mass is 251 g/mol. The molecule has 1 aliphatic rings. The van der Waals surface area contributed by atoms with E-state index in [1.165, 1.54) is 31.2 Å². The lowest BCUT2D eigenvalue weighted by Crippen LogP contribution is -2.32. The van der Waals surface area contributed by atoms with Crippen molar-refractivity contribution in [2.45, 2.75) is 45.1 Å². The van der Waals surface area contributed by atoms with E-state index < -0.39 is 0 Å². The summed E-state index contributed by atoms with van der Waals surface area (Å²) >= 11 is 6.00. The van der Waals surface area contributed by atoms with Gasteiger partial charge in [-0.1, -0.05) is 30.7 Å². The standard InChI is InChI=1S/C15H22ClN/c1-2-10-17-15(13-7-8-13)9-6-12-4-3-5-14(16)11-12/h3-5,11,13,15,17H,2,6-10H2,1H3. The van der Waals surface area contributed by atoms with Gasteiger partial charge in [0.1, 0.15) is 0 Å². The molecule has 2 rings (SSSR count). The molecule has 1 aromatic carbocycles. The fraction of sp³-hybridized carbons (Fsp3) is 0.600. The van der Waals surface area contributed by atoms with Crippen LogP contribution >= 0.6 is 11.6 Å². The Kier molecular flexibility index (Phi) is 4.87. The molecule has 0 radical (unpaired) electrons. The maximum atomic E-state index is 6.00. The van der Waals surface area contributed by atoms with Gasteiger partial charge < -0.3 is 5.32 Å². The van der Waals surface area contributed by atoms with Crippen LogP contribution in [0.4, 0.5) is 0 Å². The second kappa shape index (κ2) is 6.42. The first-order valence-corrected chi connectivity index (χ1v) is 7.15. The van der Waals surface area contributed by atoms with Gasteiger partial charge in [0.2, 0.25) is 0 Å². The third kappa shape index (κ3) is 4.33. The van der Waals surface area contributed by atoms with E-state index >= 15 is 0 Å². The Labute approximate surface area is 110 Å². The minimum Gasteiger partial charge on any atom is -0.314 e. The van der Waals surface area contributed by atoms with Crippen LogP contribution in [0.15, 0.2) is 24.3 Å². The molecule has 0 aliphatic heterocycles. The number of hydrogen-bond donors (Lipinski definition) is 1. The molecular formula is C15H22ClN. The van der Waals surface area contributed by atoms with Crippen LogP contribution in [-0.4, -0.2) is 12.6 Å². The molecule has 1 saturated carbocycles. The fourth-order valence-electron chi connectivity index (χ4n) is 2.35. The summed E-state index contributed by atoms with van der Waals surface area (Å²) in [6.45, 7) is 3.38. The number of aryl methyl sites for hydroxylation is 1. The average Bonchev–Trinajstić information content (AvgIpc) is 3.13. The van der Waals surface area contributed by atoms with Gasteiger partial charge >= 0.3 is 0 Å². The van der Waals surface area contributed by atoms with Crippen LogP contribution in [-0.2, 0) is 6.42 Å². The SMILES string of the molecule is CCCNC(CCc1cccc(Cl)c1)C1CC1. The van der Waals surface area contributed by atoms with Gasteiger partial charge in [0.25, 0.3) is 0 Å². The molecule has 1 N–H and O–H groups in total. The predicted octanol–water partition coefficient (Wildman–Crippen LogP) is 4.05. The number of rotatable bonds is 7. The minimum atomic E-state index is 0.717. The van der Waals surface area contributed by atoms with Crippen LogP contribution in [0.3, 0.4) is 0 Å². The van der Waals surface area contributed by atoms with Gasteiger partial charge in [-0.3, -0.25) is 0 Å². The summed E-state index contributed by atoms with van der Waals surface area (Å²) in [7, 11) is 0. The van der Waals surface area contributed by atoms with Crippen molar-refractivity contribution in [2.75, 3.05) is 6.54 Å². The molecule has 1 unspecified atom stereocenters. The second-order valence-corrected chi connectivity index (χ2v) is 5.50. The van der Waals surface area contributed by atoms with E-state index in [0.29, 0.717) is 6.04 Å². The van der Waals surface area contributed by atoms with Crippen LogP contribution in [0.2, 0.25) is 5.02 Å². The van der Waals surface area contributed by atoms with Gasteiger partial charge in [0.15, 0.2) is 0 Å². The molecular weight excluding hydrogens is 230 g/mol. The molecule has 0 heterocycles. The van der Waals surface area contributed by atoms with Gasteiger partial charge in [0.05, 0.1) is 0 Å². The van der Waals surface area contributed by atoms with Gasteiger partial charge in [0, 0.05) is 11.1 Å². The molecule has 1 aromatic rings. The van der Waals surface area contributed by atoms with Crippen LogP contribution in [0.5, 0.6) is 0 Å². The molecule has 2 heteroatoms. The first-order valence-electron chi connectivity index (χ1n) is 6.77. The summed E-state index contributed by atoms with van der Waals surface area (Å²) < 4.78 is 0. The summed E-state index contributed by atoms with van der Waals surface area (Å²) in [5.41, 5.74) is 1.36. The predicted molar refractivity (Wildman–Crippen MR) is 74.6 cm³/mol. The van der Waals surface area contributed by atoms with E-state index in [1.807, 2.05) is 12.1 Å². The lowest BCUT2D eigenvalue weighted by Gasteiger charge is -2.17. The van der Waals surface area contributed by atoms with Crippen molar-refractivity contribution in [3.8, 4) is 0 Å². The first-order chi connectivity index (χ1) is 8.29. The summed E-state index contributed by atoms with van der Waals surface area (Å²) in [6.07, 6.45) is 6.43. The number of nitrogens with one attached hydrogen (secondary N) is 1. The quantitative estimate of drug-likeness (QED) is 0.771. The van der Waals surface area contributed by atoms with E-state index in [0.717, 1.165) is 23.9 Å². The zero-order valence-corrected chi connectivity index (χ0v) is 11.3. The zero-order chi connectivity index (χ0) is 12.1. The van der Waals surface area contributed by atoms with E-state index in [1.54, 1.807) is 0 Å². The molecule has 0 aromatic heterocycles. The van der Waals surface area contributed by atoms with E-state index in [9.17, 15) is 0 Å². The van der Waals surface area contributed by atoms with Gasteiger partial charge in [-0.2, -0.15) is 0 Å². The lowest BCUT2D eigenvalue weighted by atomic mass is 10.0. The first kappa shape index (κ1) is 12.9. The highest BCUT2D eigenvalue weighted by atomic mass is 35.5. The van der Waals surface area contributed by atoms with Crippen molar-refractivity contribution in [1.82, 2.24) is 5.32 Å². The van der Waals surface area contributed by atoms with E-state index in [2.05, 4.69) is 24.4 Å². The third-order valence-electron chi connectivity index (χ3n) is 3.48. The van der Waals surface area contributed by atoms with E-state index in [-0.39, 0.29) is 0 Å². The Bertz CT molecular complexity index is 347. The summed E-state index contributed by atoms with van der Waals surface area (Å²) in [6, 6.07) is 8.97. The van der Waals surface area contributed by atoms with Gasteiger partial charge in [-0.25, -0.2) is 0 Å². The minimum absolute atomic E-state index is 0.717. The van der Waals surface area contributed by atoms with E-state index in [4.69, 9.17) is 11.6 Å². The Morgan fingerprint density at radius 2 is 2.24 bits per heavy atom. The Balaban J connectivity index is 1.82. The summed E-state index contributed by atoms with van der Waals surface area (Å²) in [5, 5.41) is 4.54. The maximum Gasteiger partial charge on any atom is 0.0408 e. The van der Waals surface area contributed by atoms with Crippen molar-refractivity contribution in [2.24, 2.45) is 5.92 Å². The molecule has 1 nitrogen and oxygen atoms in total. The average molecular weight is 252 g/mol. The molecule has 0 amide bonds. The van der Waals surface area contributed by atoms with Crippen molar-refractivity contribution in [1.29, 1.82) is 0 Å². The number of hydrogen-bond acceptors (Lipinski definition) is 1. The Morgan fingerprint density at radius 3 is 2.88 bits per heavy atom. The highest BCUT2D eigenvalue weighted by Gasteiger charge is 2.30. The molecule has 0 saturated heterocycles. The lowest BCUT2D eigenvalue weighted by molar-refractivity contribution is 0.436. The molecule has 17 heavy (non-hydrogen) atoms. The third-order valence-corrected chi connectivity index (χ3v) is 3.72. The normalized spacial score (nSPS) is 17.1. The second-order valence-electron chi connectivity index (χ2n) is 5.07. The van der Waals surface area contributed by atoms with Crippen molar-refractivity contribution >= 4 is 11.6 Å². The molecule has 0 spiro atoms. The topological polar surface area (TPSA) is 12.0 Å². The Morgan fingerprint density at radius 1 is 1.41 bits per heavy atom. The molecule has 94 valence electrons. The van der Waals surface area contributed by atoms with Crippen LogP contribution < -0.4 is 5.32 Å². The molecule has 1 atom stereocenters. The number of benzene rings is 1. The molecule has 1 fully saturated rings. The highest BCUT2D eigenvalue weighted by Crippen LogP contribution is 2.34. The highest BCUT2D eigenvalue weighted by molar-refractivity contribution is 6.30. The zero-order valence-electron chi connectivity index (χ0n) is 10.6. The summed E-state index contributed by atoms with van der Waals surface area (Å²) in [5.74, 6) is 0.931. The fourth-order valence-corrected chi connectivity index (χ4v) is 2.56. The van der Waals surface area contributed by atoms with Crippen LogP contribution in [0, 0.1) is 5.92 Å². The Hall–Kier alpha value is -0.530. The smallest absolute Gasteiger partial charge is 0.0408 e. The van der Waals surface area contributed by atoms with Crippen LogP contribution in [0.25, 0.3) is 0 Å². The number of halogens is 1.